The van der Waals surface area contributed by atoms with Gasteiger partial charge in [-0.1, -0.05) is 11.6 Å². The number of nitrogen functional groups attached to an aromatic ring is 1. The van der Waals surface area contributed by atoms with Gasteiger partial charge in [0.25, 0.3) is 0 Å². The first-order valence-electron chi connectivity index (χ1n) is 5.04. The lowest BCUT2D eigenvalue weighted by molar-refractivity contribution is 0.103. The molecule has 0 bridgehead atoms. The van der Waals surface area contributed by atoms with Crippen molar-refractivity contribution in [2.45, 2.75) is 0 Å². The Balaban J connectivity index is 2.51. The Kier molecular flexibility index (Phi) is 4.29. The van der Waals surface area contributed by atoms with E-state index >= 15 is 0 Å². The summed E-state index contributed by atoms with van der Waals surface area (Å²) in [4.78, 5) is 12.4. The van der Waals surface area contributed by atoms with Crippen LogP contribution in [0, 0.1) is 3.57 Å². The lowest BCUT2D eigenvalue weighted by atomic mass is 10.0. The molecular weight excluding hydrogens is 428 g/mol. The minimum absolute atomic E-state index is 0.0752. The topological polar surface area (TPSA) is 43.1 Å². The van der Waals surface area contributed by atoms with E-state index in [2.05, 4.69) is 38.5 Å². The van der Waals surface area contributed by atoms with Gasteiger partial charge in [0.1, 0.15) is 0 Å². The molecule has 2 rings (SSSR count). The summed E-state index contributed by atoms with van der Waals surface area (Å²) in [5.74, 6) is -0.0752. The molecular formula is C13H8BrClINO. The van der Waals surface area contributed by atoms with Crippen LogP contribution in [0.1, 0.15) is 15.9 Å². The largest absolute Gasteiger partial charge is 0.399 e. The number of halogens is 3. The van der Waals surface area contributed by atoms with E-state index < -0.39 is 0 Å². The highest BCUT2D eigenvalue weighted by molar-refractivity contribution is 14.1. The molecule has 2 nitrogen and oxygen atoms in total. The number of hydrogen-bond donors (Lipinski definition) is 1. The van der Waals surface area contributed by atoms with Crippen molar-refractivity contribution in [2.24, 2.45) is 0 Å². The standard InChI is InChI=1S/C13H8BrClINO/c14-11-6-8(17)2-3-9(11)13(18)10-5-7(15)1-4-12(10)16/h1-6H,17H2. The zero-order chi connectivity index (χ0) is 13.3. The number of anilines is 1. The smallest absolute Gasteiger partial charge is 0.195 e. The molecule has 0 atom stereocenters. The van der Waals surface area contributed by atoms with E-state index in [9.17, 15) is 4.79 Å². The molecule has 0 amide bonds. The molecule has 0 spiro atoms. The van der Waals surface area contributed by atoms with Crippen molar-refractivity contribution in [3.05, 3.63) is 60.6 Å². The van der Waals surface area contributed by atoms with E-state index in [0.717, 1.165) is 3.57 Å². The van der Waals surface area contributed by atoms with Crippen LogP contribution < -0.4 is 5.73 Å². The maximum absolute atomic E-state index is 12.4. The average molecular weight is 436 g/mol. The van der Waals surface area contributed by atoms with Crippen molar-refractivity contribution in [1.82, 2.24) is 0 Å². The van der Waals surface area contributed by atoms with Gasteiger partial charge in [-0.05, 0) is 74.9 Å². The van der Waals surface area contributed by atoms with E-state index in [-0.39, 0.29) is 5.78 Å². The second-order valence-corrected chi connectivity index (χ2v) is 6.15. The molecule has 0 fully saturated rings. The van der Waals surface area contributed by atoms with Crippen LogP contribution in [-0.2, 0) is 0 Å². The first-order valence-corrected chi connectivity index (χ1v) is 7.29. The summed E-state index contributed by atoms with van der Waals surface area (Å²) < 4.78 is 1.55. The van der Waals surface area contributed by atoms with Crippen molar-refractivity contribution in [2.75, 3.05) is 5.73 Å². The van der Waals surface area contributed by atoms with Gasteiger partial charge < -0.3 is 5.73 Å². The van der Waals surface area contributed by atoms with Gasteiger partial charge in [-0.15, -0.1) is 0 Å². The summed E-state index contributed by atoms with van der Waals surface area (Å²) in [6.45, 7) is 0. The highest BCUT2D eigenvalue weighted by atomic mass is 127. The lowest BCUT2D eigenvalue weighted by Gasteiger charge is -2.07. The molecule has 5 heteroatoms. The third-order valence-electron chi connectivity index (χ3n) is 2.41. The van der Waals surface area contributed by atoms with Crippen LogP contribution in [0.3, 0.4) is 0 Å². The highest BCUT2D eigenvalue weighted by Crippen LogP contribution is 2.26. The summed E-state index contributed by atoms with van der Waals surface area (Å²) in [7, 11) is 0. The van der Waals surface area contributed by atoms with Gasteiger partial charge in [-0.2, -0.15) is 0 Å². The Morgan fingerprint density at radius 1 is 1.17 bits per heavy atom. The summed E-state index contributed by atoms with van der Waals surface area (Å²) in [6, 6.07) is 10.4. The summed E-state index contributed by atoms with van der Waals surface area (Å²) in [5, 5.41) is 0.547. The van der Waals surface area contributed by atoms with E-state index in [1.807, 2.05) is 6.07 Å². The number of carbonyl (C=O) groups excluding carboxylic acids is 1. The zero-order valence-electron chi connectivity index (χ0n) is 9.08. The molecule has 2 aromatic rings. The molecule has 0 radical (unpaired) electrons. The highest BCUT2D eigenvalue weighted by Gasteiger charge is 2.15. The molecule has 2 N–H and O–H groups in total. The van der Waals surface area contributed by atoms with Crippen molar-refractivity contribution in [3.63, 3.8) is 0 Å². The van der Waals surface area contributed by atoms with Gasteiger partial charge >= 0.3 is 0 Å². The quantitative estimate of drug-likeness (QED) is 0.427. The minimum Gasteiger partial charge on any atom is -0.399 e. The van der Waals surface area contributed by atoms with Crippen molar-refractivity contribution in [1.29, 1.82) is 0 Å². The fourth-order valence-corrected chi connectivity index (χ4v) is 2.86. The van der Waals surface area contributed by atoms with Crippen molar-refractivity contribution >= 4 is 61.6 Å². The molecule has 0 aliphatic rings. The maximum Gasteiger partial charge on any atom is 0.195 e. The predicted octanol–water partition coefficient (Wildman–Crippen LogP) is 4.52. The van der Waals surface area contributed by atoms with Crippen LogP contribution in [0.5, 0.6) is 0 Å². The molecule has 0 aliphatic carbocycles. The number of nitrogens with two attached hydrogens (primary N) is 1. The third kappa shape index (κ3) is 2.87. The van der Waals surface area contributed by atoms with Gasteiger partial charge in [-0.25, -0.2) is 0 Å². The predicted molar refractivity (Wildman–Crippen MR) is 86.2 cm³/mol. The molecule has 0 aromatic heterocycles. The summed E-state index contributed by atoms with van der Waals surface area (Å²) in [5.41, 5.74) is 7.43. The van der Waals surface area contributed by atoms with Gasteiger partial charge in [0, 0.05) is 29.9 Å². The summed E-state index contributed by atoms with van der Waals surface area (Å²) >= 11 is 11.4. The fraction of sp³-hybridized carbons (Fsp3) is 0. The Labute approximate surface area is 132 Å². The van der Waals surface area contributed by atoms with Crippen molar-refractivity contribution in [3.8, 4) is 0 Å². The number of rotatable bonds is 2. The monoisotopic (exact) mass is 435 g/mol. The molecule has 0 saturated carbocycles. The summed E-state index contributed by atoms with van der Waals surface area (Å²) in [6.07, 6.45) is 0. The molecule has 2 aromatic carbocycles. The van der Waals surface area contributed by atoms with Gasteiger partial charge in [0.2, 0.25) is 0 Å². The van der Waals surface area contributed by atoms with Crippen LogP contribution in [0.15, 0.2) is 40.9 Å². The number of carbonyl (C=O) groups is 1. The zero-order valence-corrected chi connectivity index (χ0v) is 13.6. The molecule has 92 valence electrons. The number of benzene rings is 2. The van der Waals surface area contributed by atoms with E-state index in [0.29, 0.717) is 26.3 Å². The van der Waals surface area contributed by atoms with Crippen molar-refractivity contribution < 1.29 is 4.79 Å². The fourth-order valence-electron chi connectivity index (χ4n) is 1.53. The van der Waals surface area contributed by atoms with E-state index in [1.165, 1.54) is 0 Å². The average Bonchev–Trinajstić information content (AvgIpc) is 2.31. The SMILES string of the molecule is Nc1ccc(C(=O)c2cc(Cl)ccc2I)c(Br)c1. The Morgan fingerprint density at radius 3 is 2.56 bits per heavy atom. The van der Waals surface area contributed by atoms with Gasteiger partial charge in [0.05, 0.1) is 0 Å². The molecule has 0 heterocycles. The number of ketones is 1. The van der Waals surface area contributed by atoms with Crippen LogP contribution in [0.2, 0.25) is 5.02 Å². The lowest BCUT2D eigenvalue weighted by Crippen LogP contribution is -2.05. The molecule has 0 unspecified atom stereocenters. The Hall–Kier alpha value is -0.590. The van der Waals surface area contributed by atoms with E-state index in [1.54, 1.807) is 30.3 Å². The van der Waals surface area contributed by atoms with Crippen LogP contribution in [0.25, 0.3) is 0 Å². The molecule has 0 aliphatic heterocycles. The Bertz CT molecular complexity index is 630. The van der Waals surface area contributed by atoms with Gasteiger partial charge in [-0.3, -0.25) is 4.79 Å². The van der Waals surface area contributed by atoms with Crippen LogP contribution in [-0.4, -0.2) is 5.78 Å². The first kappa shape index (κ1) is 13.8. The number of hydrogen-bond acceptors (Lipinski definition) is 2. The second kappa shape index (κ2) is 5.59. The Morgan fingerprint density at radius 2 is 1.89 bits per heavy atom. The third-order valence-corrected chi connectivity index (χ3v) is 4.24. The normalized spacial score (nSPS) is 10.4. The minimum atomic E-state index is -0.0752. The molecule has 0 saturated heterocycles. The van der Waals surface area contributed by atoms with Gasteiger partial charge in [0.15, 0.2) is 5.78 Å². The van der Waals surface area contributed by atoms with E-state index in [4.69, 9.17) is 17.3 Å². The first-order chi connectivity index (χ1) is 8.49. The second-order valence-electron chi connectivity index (χ2n) is 3.69. The maximum atomic E-state index is 12.4. The molecule has 18 heavy (non-hydrogen) atoms. The van der Waals surface area contributed by atoms with Crippen LogP contribution in [0.4, 0.5) is 5.69 Å². The van der Waals surface area contributed by atoms with Crippen LogP contribution >= 0.6 is 50.1 Å².